The molecule has 0 saturated carbocycles. The Balaban J connectivity index is 2.67. The third-order valence-electron chi connectivity index (χ3n) is 3.18. The molecule has 102 valence electrons. The predicted molar refractivity (Wildman–Crippen MR) is 81.2 cm³/mol. The highest BCUT2D eigenvalue weighted by Gasteiger charge is 2.16. The van der Waals surface area contributed by atoms with Gasteiger partial charge in [-0.1, -0.05) is 43.6 Å². The molecule has 1 aromatic rings. The summed E-state index contributed by atoms with van der Waals surface area (Å²) in [5.74, 6) is 1.45. The largest absolute Gasteiger partial charge is 0.493 e. The van der Waals surface area contributed by atoms with Gasteiger partial charge in [0.15, 0.2) is 0 Å². The van der Waals surface area contributed by atoms with Crippen molar-refractivity contribution < 1.29 is 4.74 Å². The number of benzene rings is 1. The Morgan fingerprint density at radius 1 is 1.33 bits per heavy atom. The van der Waals surface area contributed by atoms with Gasteiger partial charge in [-0.2, -0.15) is 0 Å². The van der Waals surface area contributed by atoms with Crippen molar-refractivity contribution in [1.29, 1.82) is 0 Å². The Hall–Kier alpha value is -0.540. The van der Waals surface area contributed by atoms with Crippen LogP contribution in [0, 0.1) is 5.41 Å². The van der Waals surface area contributed by atoms with Crippen LogP contribution in [-0.4, -0.2) is 13.2 Å². The molecule has 0 bridgehead atoms. The van der Waals surface area contributed by atoms with Crippen molar-refractivity contribution in [3.05, 3.63) is 28.2 Å². The van der Waals surface area contributed by atoms with Crippen LogP contribution in [0.4, 0.5) is 0 Å². The fraction of sp³-hybridized carbons (Fsp3) is 0.600. The van der Waals surface area contributed by atoms with Crippen LogP contribution in [0.1, 0.15) is 45.6 Å². The summed E-state index contributed by atoms with van der Waals surface area (Å²) >= 11 is 3.50. The maximum absolute atomic E-state index is 5.91. The van der Waals surface area contributed by atoms with Gasteiger partial charge in [0.1, 0.15) is 5.75 Å². The Morgan fingerprint density at radius 3 is 2.56 bits per heavy atom. The van der Waals surface area contributed by atoms with Gasteiger partial charge in [-0.05, 0) is 48.1 Å². The summed E-state index contributed by atoms with van der Waals surface area (Å²) < 4.78 is 7.01. The number of hydrogen-bond donors (Lipinski definition) is 1. The highest BCUT2D eigenvalue weighted by atomic mass is 79.9. The van der Waals surface area contributed by atoms with E-state index in [9.17, 15) is 0 Å². The fourth-order valence-electron chi connectivity index (χ4n) is 1.64. The van der Waals surface area contributed by atoms with Crippen LogP contribution in [0.2, 0.25) is 0 Å². The molecule has 0 spiro atoms. The summed E-state index contributed by atoms with van der Waals surface area (Å²) in [6.07, 6.45) is 0.969. The van der Waals surface area contributed by atoms with Crippen LogP contribution >= 0.6 is 15.9 Å². The normalized spacial score (nSPS) is 11.9. The average molecular weight is 314 g/mol. The molecule has 1 aromatic carbocycles. The van der Waals surface area contributed by atoms with Crippen LogP contribution in [-0.2, 0) is 0 Å². The highest BCUT2D eigenvalue weighted by molar-refractivity contribution is 9.10. The minimum atomic E-state index is 0.146. The quantitative estimate of drug-likeness (QED) is 0.848. The lowest BCUT2D eigenvalue weighted by Gasteiger charge is -2.23. The maximum atomic E-state index is 5.91. The molecule has 0 aliphatic rings. The van der Waals surface area contributed by atoms with Crippen molar-refractivity contribution in [2.45, 2.75) is 40.0 Å². The highest BCUT2D eigenvalue weighted by Crippen LogP contribution is 2.30. The molecule has 0 saturated heterocycles. The van der Waals surface area contributed by atoms with Gasteiger partial charge in [0.25, 0.3) is 0 Å². The first kappa shape index (κ1) is 15.5. The van der Waals surface area contributed by atoms with Crippen molar-refractivity contribution in [3.63, 3.8) is 0 Å². The van der Waals surface area contributed by atoms with Gasteiger partial charge in [0, 0.05) is 4.47 Å². The zero-order chi connectivity index (χ0) is 13.8. The summed E-state index contributed by atoms with van der Waals surface area (Å²) in [5.41, 5.74) is 7.11. The molecular weight excluding hydrogens is 290 g/mol. The van der Waals surface area contributed by atoms with E-state index >= 15 is 0 Å². The zero-order valence-electron chi connectivity index (χ0n) is 11.8. The van der Waals surface area contributed by atoms with Crippen LogP contribution < -0.4 is 10.5 Å². The lowest BCUT2D eigenvalue weighted by Crippen LogP contribution is -2.25. The summed E-state index contributed by atoms with van der Waals surface area (Å²) in [4.78, 5) is 0. The number of halogens is 1. The first-order chi connectivity index (χ1) is 8.35. The molecule has 18 heavy (non-hydrogen) atoms. The second-order valence-corrected chi connectivity index (χ2v) is 6.72. The van der Waals surface area contributed by atoms with Crippen molar-refractivity contribution in [2.75, 3.05) is 13.2 Å². The third-order valence-corrected chi connectivity index (χ3v) is 3.68. The first-order valence-electron chi connectivity index (χ1n) is 6.48. The summed E-state index contributed by atoms with van der Waals surface area (Å²) in [5, 5.41) is 0. The molecule has 3 heteroatoms. The summed E-state index contributed by atoms with van der Waals surface area (Å²) in [7, 11) is 0. The van der Waals surface area contributed by atoms with Gasteiger partial charge in [0.05, 0.1) is 6.61 Å². The molecule has 0 unspecified atom stereocenters. The standard InChI is InChI=1S/C15H24BrNO/c1-11(2)13-9-12(16)5-6-14(13)18-8-7-15(3,4)10-17/h5-6,9,11H,7-8,10,17H2,1-4H3. The first-order valence-corrected chi connectivity index (χ1v) is 7.27. The van der Waals surface area contributed by atoms with Crippen molar-refractivity contribution >= 4 is 15.9 Å². The van der Waals surface area contributed by atoms with Crippen LogP contribution in [0.3, 0.4) is 0 Å². The van der Waals surface area contributed by atoms with E-state index in [0.717, 1.165) is 16.6 Å². The molecule has 0 radical (unpaired) electrons. The topological polar surface area (TPSA) is 35.2 Å². The van der Waals surface area contributed by atoms with E-state index in [-0.39, 0.29) is 5.41 Å². The molecule has 0 amide bonds. The van der Waals surface area contributed by atoms with Gasteiger partial charge in [-0.3, -0.25) is 0 Å². The molecule has 0 aliphatic heterocycles. The fourth-order valence-corrected chi connectivity index (χ4v) is 2.02. The Labute approximate surface area is 119 Å². The van der Waals surface area contributed by atoms with Gasteiger partial charge in [-0.15, -0.1) is 0 Å². The molecule has 0 aliphatic carbocycles. The van der Waals surface area contributed by atoms with Gasteiger partial charge >= 0.3 is 0 Å². The van der Waals surface area contributed by atoms with E-state index in [1.54, 1.807) is 0 Å². The minimum absolute atomic E-state index is 0.146. The Morgan fingerprint density at radius 2 is 2.00 bits per heavy atom. The Bertz CT molecular complexity index is 388. The molecule has 2 N–H and O–H groups in total. The smallest absolute Gasteiger partial charge is 0.122 e. The van der Waals surface area contributed by atoms with Crippen LogP contribution in [0.5, 0.6) is 5.75 Å². The number of nitrogens with two attached hydrogens (primary N) is 1. The molecule has 0 heterocycles. The Kier molecular flexibility index (Phi) is 5.67. The van der Waals surface area contributed by atoms with E-state index in [1.165, 1.54) is 5.56 Å². The number of rotatable bonds is 6. The van der Waals surface area contributed by atoms with Gasteiger partial charge < -0.3 is 10.5 Å². The number of ether oxygens (including phenoxy) is 1. The SMILES string of the molecule is CC(C)c1cc(Br)ccc1OCCC(C)(C)CN. The average Bonchev–Trinajstić information content (AvgIpc) is 2.30. The van der Waals surface area contributed by atoms with Crippen molar-refractivity contribution in [3.8, 4) is 5.75 Å². The minimum Gasteiger partial charge on any atom is -0.493 e. The van der Waals surface area contributed by atoms with E-state index in [1.807, 2.05) is 12.1 Å². The molecule has 0 aromatic heterocycles. The second kappa shape index (κ2) is 6.58. The lowest BCUT2D eigenvalue weighted by atomic mass is 9.90. The van der Waals surface area contributed by atoms with Crippen molar-refractivity contribution in [1.82, 2.24) is 0 Å². The van der Waals surface area contributed by atoms with Gasteiger partial charge in [-0.25, -0.2) is 0 Å². The lowest BCUT2D eigenvalue weighted by molar-refractivity contribution is 0.231. The molecule has 2 nitrogen and oxygen atoms in total. The molecular formula is C15H24BrNO. The second-order valence-electron chi connectivity index (χ2n) is 5.80. The molecule has 0 fully saturated rings. The predicted octanol–water partition coefficient (Wildman–Crippen LogP) is 4.33. The van der Waals surface area contributed by atoms with E-state index in [4.69, 9.17) is 10.5 Å². The summed E-state index contributed by atoms with van der Waals surface area (Å²) in [6, 6.07) is 6.19. The van der Waals surface area contributed by atoms with E-state index in [0.29, 0.717) is 19.1 Å². The maximum Gasteiger partial charge on any atom is 0.122 e. The van der Waals surface area contributed by atoms with E-state index in [2.05, 4.69) is 49.7 Å². The van der Waals surface area contributed by atoms with Crippen LogP contribution in [0.15, 0.2) is 22.7 Å². The molecule has 1 rings (SSSR count). The molecule has 0 atom stereocenters. The monoisotopic (exact) mass is 313 g/mol. The van der Waals surface area contributed by atoms with E-state index < -0.39 is 0 Å². The zero-order valence-corrected chi connectivity index (χ0v) is 13.4. The van der Waals surface area contributed by atoms with Gasteiger partial charge in [0.2, 0.25) is 0 Å². The summed E-state index contributed by atoms with van der Waals surface area (Å²) in [6.45, 7) is 10.1. The third kappa shape index (κ3) is 4.62. The van der Waals surface area contributed by atoms with Crippen molar-refractivity contribution in [2.24, 2.45) is 11.1 Å². The van der Waals surface area contributed by atoms with Crippen LogP contribution in [0.25, 0.3) is 0 Å². The number of hydrogen-bond acceptors (Lipinski definition) is 2.